The minimum atomic E-state index is -5.17. The van der Waals surface area contributed by atoms with Gasteiger partial charge in [0.2, 0.25) is 0 Å². The summed E-state index contributed by atoms with van der Waals surface area (Å²) in [5, 5.41) is 0. The average molecular weight is 284 g/mol. The summed E-state index contributed by atoms with van der Waals surface area (Å²) < 4.78 is 34.1. The smallest absolute Gasteiger partial charge is 2.00 e. The Kier molecular flexibility index (Phi) is 17.6. The second-order valence-corrected chi connectivity index (χ2v) is 2.90. The predicted octanol–water partition coefficient (Wildman–Crippen LogP) is 0.0360. The van der Waals surface area contributed by atoms with Gasteiger partial charge in [-0.05, 0) is 0 Å². The molecule has 0 aromatic rings. The normalized spacial score (nSPS) is 8.89. The van der Waals surface area contributed by atoms with Crippen molar-refractivity contribution in [1.82, 2.24) is 0 Å². The summed E-state index contributed by atoms with van der Waals surface area (Å²) in [7, 11) is 4.24. The fourth-order valence-electron chi connectivity index (χ4n) is 0. The zero-order valence-corrected chi connectivity index (χ0v) is 7.73. The summed E-state index contributed by atoms with van der Waals surface area (Å²) in [5.41, 5.74) is 0. The van der Waals surface area contributed by atoms with Gasteiger partial charge in [0.15, 0.2) is 0 Å². The Balaban J connectivity index is -0.0000000800. The Bertz CT molecular complexity index is 111. The zero-order valence-electron chi connectivity index (χ0n) is 3.43. The van der Waals surface area contributed by atoms with Crippen LogP contribution in [-0.2, 0) is 39.5 Å². The SMILES string of the molecule is O=S(=O)([O-])[O-].[Cl][Ni][Cl].[Ni+2]. The van der Waals surface area contributed by atoms with E-state index in [4.69, 9.17) is 37.9 Å². The first-order valence-corrected chi connectivity index (χ1v) is 4.96. The van der Waals surface area contributed by atoms with Crippen molar-refractivity contribution in [3.8, 4) is 0 Å². The zero-order chi connectivity index (χ0) is 7.21. The second-order valence-electron chi connectivity index (χ2n) is 0.453. The summed E-state index contributed by atoms with van der Waals surface area (Å²) in [5.74, 6) is 0. The van der Waals surface area contributed by atoms with Crippen LogP contribution in [0.4, 0.5) is 0 Å². The summed E-state index contributed by atoms with van der Waals surface area (Å²) in [6, 6.07) is 0. The van der Waals surface area contributed by atoms with Crippen molar-refractivity contribution in [1.29, 1.82) is 0 Å². The molecular formula is Cl2Ni2O4S. The molecule has 0 N–H and O–H groups in total. The van der Waals surface area contributed by atoms with Crippen molar-refractivity contribution >= 4 is 30.8 Å². The van der Waals surface area contributed by atoms with Crippen molar-refractivity contribution in [3.05, 3.63) is 0 Å². The van der Waals surface area contributed by atoms with Crippen LogP contribution in [0.15, 0.2) is 0 Å². The van der Waals surface area contributed by atoms with Crippen LogP contribution < -0.4 is 0 Å². The molecule has 0 unspecified atom stereocenters. The molecule has 64 valence electrons. The molecule has 0 saturated heterocycles. The van der Waals surface area contributed by atoms with Crippen LogP contribution in [0.3, 0.4) is 0 Å². The minimum Gasteiger partial charge on any atom is 2.00 e. The quantitative estimate of drug-likeness (QED) is 0.357. The van der Waals surface area contributed by atoms with Gasteiger partial charge in [-0.3, -0.25) is 8.42 Å². The minimum absolute atomic E-state index is 0. The maximum absolute atomic E-state index is 8.52. The van der Waals surface area contributed by atoms with Gasteiger partial charge in [0.25, 0.3) is 0 Å². The molecule has 0 aliphatic rings. The Morgan fingerprint density at radius 1 is 1.22 bits per heavy atom. The van der Waals surface area contributed by atoms with Gasteiger partial charge < -0.3 is 9.11 Å². The molecule has 0 rings (SSSR count). The molecule has 0 spiro atoms. The van der Waals surface area contributed by atoms with Gasteiger partial charge in [-0.1, -0.05) is 0 Å². The van der Waals surface area contributed by atoms with Gasteiger partial charge in [-0.15, -0.1) is 0 Å². The molecule has 0 radical (unpaired) electrons. The number of hydrogen-bond donors (Lipinski definition) is 0. The van der Waals surface area contributed by atoms with Gasteiger partial charge in [0.05, 0.1) is 0 Å². The maximum atomic E-state index is 8.52. The van der Waals surface area contributed by atoms with E-state index >= 15 is 0 Å². The second kappa shape index (κ2) is 9.44. The first kappa shape index (κ1) is 16.8. The van der Waals surface area contributed by atoms with Crippen LogP contribution in [0.2, 0.25) is 0 Å². The fourth-order valence-corrected chi connectivity index (χ4v) is 0. The van der Waals surface area contributed by atoms with E-state index in [1.54, 1.807) is 0 Å². The number of halogens is 2. The molecular weight excluding hydrogens is 284 g/mol. The summed E-state index contributed by atoms with van der Waals surface area (Å²) in [4.78, 5) is 0. The number of rotatable bonds is 0. The topological polar surface area (TPSA) is 80.3 Å². The fraction of sp³-hybridized carbons (Fsp3) is 0. The molecule has 0 amide bonds. The van der Waals surface area contributed by atoms with Crippen LogP contribution in [0.1, 0.15) is 0 Å². The largest absolute Gasteiger partial charge is 2.00 e. The van der Waals surface area contributed by atoms with Crippen LogP contribution in [-0.4, -0.2) is 17.5 Å². The van der Waals surface area contributed by atoms with Crippen molar-refractivity contribution in [2.45, 2.75) is 0 Å². The molecule has 9 heteroatoms. The Morgan fingerprint density at radius 2 is 1.22 bits per heavy atom. The standard InChI is InChI=1S/2ClH.2Ni.H2O4S/c;;;;1-5(2,3)4/h2*1H;;;(H2,1,2,3,4)/q;;2*+2;/p-4. The van der Waals surface area contributed by atoms with Crippen molar-refractivity contribution < 1.29 is 46.7 Å². The van der Waals surface area contributed by atoms with Gasteiger partial charge in [-0.2, -0.15) is 0 Å². The third-order valence-corrected chi connectivity index (χ3v) is 0. The summed E-state index contributed by atoms with van der Waals surface area (Å²) in [6.45, 7) is 0. The van der Waals surface area contributed by atoms with Crippen LogP contribution in [0, 0.1) is 0 Å². The van der Waals surface area contributed by atoms with E-state index in [-0.39, 0.29) is 16.5 Å². The van der Waals surface area contributed by atoms with Crippen LogP contribution in [0.25, 0.3) is 0 Å². The monoisotopic (exact) mass is 282 g/mol. The van der Waals surface area contributed by atoms with E-state index in [9.17, 15) is 0 Å². The molecule has 0 bridgehead atoms. The molecule has 0 aromatic carbocycles. The molecule has 0 aliphatic heterocycles. The Hall–Kier alpha value is 1.44. The Labute approximate surface area is 77.1 Å². The van der Waals surface area contributed by atoms with Crippen LogP contribution in [0.5, 0.6) is 0 Å². The van der Waals surface area contributed by atoms with Gasteiger partial charge in [0, 0.05) is 10.4 Å². The van der Waals surface area contributed by atoms with E-state index in [0.717, 1.165) is 0 Å². The third-order valence-electron chi connectivity index (χ3n) is 0. The maximum Gasteiger partial charge on any atom is 2.00 e. The van der Waals surface area contributed by atoms with E-state index in [2.05, 4.69) is 0 Å². The van der Waals surface area contributed by atoms with E-state index < -0.39 is 10.4 Å². The molecule has 0 saturated carbocycles. The van der Waals surface area contributed by atoms with E-state index in [1.165, 1.54) is 0 Å². The summed E-state index contributed by atoms with van der Waals surface area (Å²) >= 11 is 0.569. The first-order valence-electron chi connectivity index (χ1n) is 0.906. The predicted molar refractivity (Wildman–Crippen MR) is 22.2 cm³/mol. The van der Waals surface area contributed by atoms with Crippen molar-refractivity contribution in [2.24, 2.45) is 0 Å². The third kappa shape index (κ3) is 253. The van der Waals surface area contributed by atoms with Gasteiger partial charge >= 0.3 is 49.5 Å². The first-order chi connectivity index (χ1) is 3.41. The van der Waals surface area contributed by atoms with E-state index in [1.807, 2.05) is 0 Å². The summed E-state index contributed by atoms with van der Waals surface area (Å²) in [6.07, 6.45) is 0. The van der Waals surface area contributed by atoms with Crippen LogP contribution >= 0.6 is 20.4 Å². The van der Waals surface area contributed by atoms with Gasteiger partial charge in [-0.25, -0.2) is 0 Å². The van der Waals surface area contributed by atoms with Gasteiger partial charge in [0.1, 0.15) is 0 Å². The molecule has 0 fully saturated rings. The van der Waals surface area contributed by atoms with Crippen molar-refractivity contribution in [3.63, 3.8) is 0 Å². The van der Waals surface area contributed by atoms with Crippen molar-refractivity contribution in [2.75, 3.05) is 0 Å². The number of hydrogen-bond acceptors (Lipinski definition) is 4. The Morgan fingerprint density at radius 3 is 1.22 bits per heavy atom. The van der Waals surface area contributed by atoms with E-state index in [0.29, 0.717) is 12.7 Å². The molecule has 0 heterocycles. The molecule has 0 aliphatic carbocycles. The average Bonchev–Trinajstić information content (AvgIpc) is 1.27. The molecule has 4 nitrogen and oxygen atoms in total. The molecule has 0 aromatic heterocycles. The molecule has 9 heavy (non-hydrogen) atoms. The molecule has 0 atom stereocenters.